The van der Waals surface area contributed by atoms with Gasteiger partial charge in [-0.3, -0.25) is 4.79 Å². The van der Waals surface area contributed by atoms with Crippen LogP contribution in [-0.4, -0.2) is 29.6 Å². The number of allylic oxidation sites excluding steroid dienone is 3. The van der Waals surface area contributed by atoms with E-state index >= 15 is 0 Å². The topological polar surface area (TPSA) is 35.5 Å². The van der Waals surface area contributed by atoms with Crippen molar-refractivity contribution in [1.29, 1.82) is 0 Å². The van der Waals surface area contributed by atoms with Gasteiger partial charge in [-0.25, -0.2) is 0 Å². The highest BCUT2D eigenvalue weighted by Gasteiger charge is 2.57. The molecule has 4 fully saturated rings. The molecule has 1 aliphatic heterocycles. The molecule has 4 atom stereocenters. The number of carbonyl (C=O) groups excluding carboxylic acids is 1. The highest BCUT2D eigenvalue weighted by molar-refractivity contribution is 9.09. The number of fused-ring (bicyclic) bond motifs is 4. The van der Waals surface area contributed by atoms with E-state index in [0.29, 0.717) is 28.4 Å². The number of Topliss-reactive ketones (excluding diaryl/α,β-unsaturated/α-hetero) is 1. The van der Waals surface area contributed by atoms with Crippen molar-refractivity contribution in [2.45, 2.75) is 88.2 Å². The minimum absolute atomic E-state index is 0.0700. The molecule has 3 nitrogen and oxygen atoms in total. The number of ketones is 1. The number of hydrogen-bond acceptors (Lipinski definition) is 3. The number of rotatable bonds is 1. The summed E-state index contributed by atoms with van der Waals surface area (Å²) in [6, 6.07) is 0. The molecule has 0 amide bonds. The molecular weight excluding hydrogens is 440 g/mol. The molecule has 0 bridgehead atoms. The molecule has 1 saturated heterocycles. The third-order valence-electron chi connectivity index (χ3n) is 9.69. The second-order valence-electron chi connectivity index (χ2n) is 11.1. The van der Waals surface area contributed by atoms with Crippen molar-refractivity contribution in [2.75, 3.05) is 13.2 Å². The van der Waals surface area contributed by atoms with Crippen LogP contribution in [0, 0.1) is 29.1 Å². The standard InChI is InChI=1S/C26H35BrO3/c1-25-15-21(16-2-5-18(27)6-3-16)24-19-10-11-26(29-12-13-30-26)14-17(19)4-7-20(24)22(25)8-9-23(25)28/h14,16,18,20-22H,2-13,15H2,1H3/t16?,18?,20?,21-,22?,25+/m1/s1. The Bertz CT molecular complexity index is 799. The third kappa shape index (κ3) is 2.99. The van der Waals surface area contributed by atoms with E-state index in [9.17, 15) is 4.79 Å². The van der Waals surface area contributed by atoms with Crippen LogP contribution in [-0.2, 0) is 14.3 Å². The Labute approximate surface area is 189 Å². The van der Waals surface area contributed by atoms with Crippen molar-refractivity contribution in [2.24, 2.45) is 29.1 Å². The van der Waals surface area contributed by atoms with E-state index in [2.05, 4.69) is 28.9 Å². The van der Waals surface area contributed by atoms with Gasteiger partial charge in [0.15, 0.2) is 5.79 Å². The molecule has 0 aromatic rings. The Hall–Kier alpha value is -0.450. The fourth-order valence-corrected chi connectivity index (χ4v) is 8.75. The normalized spacial score (nSPS) is 45.2. The molecule has 0 radical (unpaired) electrons. The van der Waals surface area contributed by atoms with Gasteiger partial charge in [0.2, 0.25) is 0 Å². The van der Waals surface area contributed by atoms with E-state index in [0.717, 1.165) is 57.7 Å². The number of carbonyl (C=O) groups is 1. The highest BCUT2D eigenvalue weighted by atomic mass is 79.9. The van der Waals surface area contributed by atoms with Crippen LogP contribution in [0.5, 0.6) is 0 Å². The first-order chi connectivity index (χ1) is 14.5. The summed E-state index contributed by atoms with van der Waals surface area (Å²) in [5.41, 5.74) is 4.89. The van der Waals surface area contributed by atoms with E-state index in [1.54, 1.807) is 11.1 Å². The molecule has 1 heterocycles. The van der Waals surface area contributed by atoms with Crippen LogP contribution in [0.4, 0.5) is 0 Å². The molecule has 0 aromatic heterocycles. The fourth-order valence-electron chi connectivity index (χ4n) is 8.22. The van der Waals surface area contributed by atoms with Crippen molar-refractivity contribution in [3.63, 3.8) is 0 Å². The summed E-state index contributed by atoms with van der Waals surface area (Å²) >= 11 is 3.86. The first-order valence-electron chi connectivity index (χ1n) is 12.4. The zero-order valence-electron chi connectivity index (χ0n) is 18.3. The molecule has 5 aliphatic carbocycles. The predicted octanol–water partition coefficient (Wildman–Crippen LogP) is 6.12. The average molecular weight is 475 g/mol. The van der Waals surface area contributed by atoms with Crippen LogP contribution in [0.15, 0.2) is 22.8 Å². The molecule has 2 unspecified atom stereocenters. The zero-order chi connectivity index (χ0) is 20.5. The first kappa shape index (κ1) is 20.2. The van der Waals surface area contributed by atoms with E-state index in [1.807, 2.05) is 0 Å². The molecule has 30 heavy (non-hydrogen) atoms. The number of halogens is 1. The Morgan fingerprint density at radius 1 is 0.967 bits per heavy atom. The summed E-state index contributed by atoms with van der Waals surface area (Å²) in [5.74, 6) is 2.69. The highest BCUT2D eigenvalue weighted by Crippen LogP contribution is 2.63. The smallest absolute Gasteiger partial charge is 0.188 e. The van der Waals surface area contributed by atoms with E-state index in [4.69, 9.17) is 9.47 Å². The van der Waals surface area contributed by atoms with E-state index in [1.165, 1.54) is 37.7 Å². The summed E-state index contributed by atoms with van der Waals surface area (Å²) in [6.45, 7) is 3.78. The van der Waals surface area contributed by atoms with Crippen LogP contribution < -0.4 is 0 Å². The van der Waals surface area contributed by atoms with Crippen LogP contribution in [0.2, 0.25) is 0 Å². The van der Waals surface area contributed by atoms with Gasteiger partial charge >= 0.3 is 0 Å². The Morgan fingerprint density at radius 3 is 2.50 bits per heavy atom. The average Bonchev–Trinajstić information content (AvgIpc) is 3.32. The van der Waals surface area contributed by atoms with Gasteiger partial charge in [-0.1, -0.05) is 28.4 Å². The molecule has 1 spiro atoms. The third-order valence-corrected chi connectivity index (χ3v) is 10.6. The van der Waals surface area contributed by atoms with Gasteiger partial charge in [0.25, 0.3) is 0 Å². The minimum atomic E-state index is -0.442. The maximum absolute atomic E-state index is 13.1. The first-order valence-corrected chi connectivity index (χ1v) is 13.3. The predicted molar refractivity (Wildman–Crippen MR) is 120 cm³/mol. The molecule has 3 saturated carbocycles. The lowest BCUT2D eigenvalue weighted by Crippen LogP contribution is -2.47. The lowest BCUT2D eigenvalue weighted by atomic mass is 9.51. The van der Waals surface area contributed by atoms with Crippen molar-refractivity contribution in [1.82, 2.24) is 0 Å². The summed E-state index contributed by atoms with van der Waals surface area (Å²) in [7, 11) is 0. The quantitative estimate of drug-likeness (QED) is 0.429. The van der Waals surface area contributed by atoms with Gasteiger partial charge in [0.05, 0.1) is 13.2 Å². The van der Waals surface area contributed by atoms with Crippen LogP contribution in [0.1, 0.15) is 77.6 Å². The Kier molecular flexibility index (Phi) is 4.90. The number of hydrogen-bond donors (Lipinski definition) is 0. The lowest BCUT2D eigenvalue weighted by Gasteiger charge is -2.53. The molecule has 0 N–H and O–H groups in total. The largest absolute Gasteiger partial charge is 0.344 e. The van der Waals surface area contributed by atoms with Crippen molar-refractivity contribution in [3.05, 3.63) is 22.8 Å². The molecular formula is C26H35BrO3. The van der Waals surface area contributed by atoms with Crippen molar-refractivity contribution < 1.29 is 14.3 Å². The van der Waals surface area contributed by atoms with Crippen LogP contribution in [0.3, 0.4) is 0 Å². The molecule has 6 rings (SSSR count). The van der Waals surface area contributed by atoms with Crippen LogP contribution >= 0.6 is 15.9 Å². The Morgan fingerprint density at radius 2 is 1.73 bits per heavy atom. The maximum Gasteiger partial charge on any atom is 0.188 e. The van der Waals surface area contributed by atoms with Crippen molar-refractivity contribution >= 4 is 21.7 Å². The summed E-state index contributed by atoms with van der Waals surface area (Å²) in [4.78, 5) is 13.8. The van der Waals surface area contributed by atoms with Gasteiger partial charge in [-0.15, -0.1) is 0 Å². The second kappa shape index (κ2) is 7.28. The number of alkyl halides is 1. The fraction of sp³-hybridized carbons (Fsp3) is 0.808. The lowest BCUT2D eigenvalue weighted by molar-refractivity contribution is -0.129. The minimum Gasteiger partial charge on any atom is -0.344 e. The SMILES string of the molecule is C[C@]12C[C@H](C3CCC(Br)CC3)C3=C4CCC5(C=C4CCC3C1CCC2=O)OCCO5. The van der Waals surface area contributed by atoms with Gasteiger partial charge in [0.1, 0.15) is 5.78 Å². The van der Waals surface area contributed by atoms with Gasteiger partial charge in [0, 0.05) is 23.1 Å². The summed E-state index contributed by atoms with van der Waals surface area (Å²) < 4.78 is 12.1. The van der Waals surface area contributed by atoms with Gasteiger partial charge < -0.3 is 9.47 Å². The second-order valence-corrected chi connectivity index (χ2v) is 12.4. The summed E-state index contributed by atoms with van der Waals surface area (Å²) in [6.07, 6.45) is 15.0. The van der Waals surface area contributed by atoms with Gasteiger partial charge in [-0.05, 0) is 98.7 Å². The maximum atomic E-state index is 13.1. The monoisotopic (exact) mass is 474 g/mol. The molecule has 164 valence electrons. The van der Waals surface area contributed by atoms with Gasteiger partial charge in [-0.2, -0.15) is 0 Å². The van der Waals surface area contributed by atoms with E-state index < -0.39 is 5.79 Å². The van der Waals surface area contributed by atoms with E-state index in [-0.39, 0.29) is 5.41 Å². The molecule has 0 aromatic carbocycles. The zero-order valence-corrected chi connectivity index (χ0v) is 19.8. The summed E-state index contributed by atoms with van der Waals surface area (Å²) in [5, 5.41) is 0. The molecule has 6 aliphatic rings. The van der Waals surface area contributed by atoms with Crippen molar-refractivity contribution in [3.8, 4) is 0 Å². The number of ether oxygens (including phenoxy) is 2. The van der Waals surface area contributed by atoms with Crippen LogP contribution in [0.25, 0.3) is 0 Å². The Balaban J connectivity index is 1.43. The molecule has 4 heteroatoms.